The molecule has 1 N–H and O–H groups in total. The first-order valence-corrected chi connectivity index (χ1v) is 9.08. The second-order valence-electron chi connectivity index (χ2n) is 7.24. The van der Waals surface area contributed by atoms with Gasteiger partial charge in [0.1, 0.15) is 0 Å². The van der Waals surface area contributed by atoms with Crippen molar-refractivity contribution in [3.63, 3.8) is 0 Å². The fraction of sp³-hybridized carbons (Fsp3) is 0.632. The molecule has 1 amide bonds. The monoisotopic (exact) mass is 330 g/mol. The molecule has 130 valence electrons. The van der Waals surface area contributed by atoms with Crippen LogP contribution in [0.25, 0.3) is 0 Å². The molecule has 2 heterocycles. The zero-order chi connectivity index (χ0) is 16.6. The summed E-state index contributed by atoms with van der Waals surface area (Å²) in [7, 11) is 2.13. The summed E-state index contributed by atoms with van der Waals surface area (Å²) in [6.45, 7) is 2.47. The van der Waals surface area contributed by atoms with Gasteiger partial charge in [-0.3, -0.25) is 4.79 Å². The van der Waals surface area contributed by atoms with E-state index >= 15 is 0 Å². The first-order valence-electron chi connectivity index (χ1n) is 9.08. The number of hydrogen-bond donors (Lipinski definition) is 1. The van der Waals surface area contributed by atoms with Crippen molar-refractivity contribution in [3.8, 4) is 0 Å². The third-order valence-corrected chi connectivity index (χ3v) is 5.63. The second-order valence-corrected chi connectivity index (χ2v) is 7.24. The summed E-state index contributed by atoms with van der Waals surface area (Å²) < 4.78 is 11.5. The Labute approximate surface area is 143 Å². The molecule has 3 aliphatic rings. The van der Waals surface area contributed by atoms with E-state index in [2.05, 4.69) is 29.4 Å². The molecule has 4 rings (SSSR count). The Hall–Kier alpha value is -1.59. The molecular weight excluding hydrogens is 304 g/mol. The molecular formula is C19H26N2O3. The Morgan fingerprint density at radius 1 is 1.25 bits per heavy atom. The Kier molecular flexibility index (Phi) is 4.22. The highest BCUT2D eigenvalue weighted by molar-refractivity contribution is 5.93. The minimum absolute atomic E-state index is 0.0575. The number of anilines is 2. The van der Waals surface area contributed by atoms with Crippen LogP contribution in [-0.2, 0) is 20.7 Å². The van der Waals surface area contributed by atoms with Gasteiger partial charge in [-0.1, -0.05) is 0 Å². The highest BCUT2D eigenvalue weighted by Gasteiger charge is 2.41. The van der Waals surface area contributed by atoms with Crippen molar-refractivity contribution in [1.82, 2.24) is 0 Å². The molecule has 5 heteroatoms. The zero-order valence-corrected chi connectivity index (χ0v) is 14.3. The quantitative estimate of drug-likeness (QED) is 0.906. The van der Waals surface area contributed by atoms with E-state index in [0.717, 1.165) is 44.3 Å². The molecule has 1 aliphatic carbocycles. The number of carbonyl (C=O) groups excluding carboxylic acids is 1. The van der Waals surface area contributed by atoms with E-state index in [9.17, 15) is 4.79 Å². The number of carbonyl (C=O) groups is 1. The van der Waals surface area contributed by atoms with Crippen molar-refractivity contribution in [1.29, 1.82) is 0 Å². The van der Waals surface area contributed by atoms with Crippen LogP contribution in [0, 0.1) is 5.92 Å². The van der Waals surface area contributed by atoms with Gasteiger partial charge in [0.05, 0.1) is 13.2 Å². The van der Waals surface area contributed by atoms with Crippen molar-refractivity contribution >= 4 is 17.3 Å². The maximum absolute atomic E-state index is 12.6. The lowest BCUT2D eigenvalue weighted by atomic mass is 9.84. The lowest BCUT2D eigenvalue weighted by molar-refractivity contribution is -0.182. The molecule has 1 saturated heterocycles. The minimum atomic E-state index is -0.396. The number of hydrogen-bond acceptors (Lipinski definition) is 4. The first kappa shape index (κ1) is 15.9. The van der Waals surface area contributed by atoms with Gasteiger partial charge < -0.3 is 19.7 Å². The number of nitrogens with zero attached hydrogens (tertiary/aromatic N) is 1. The van der Waals surface area contributed by atoms with E-state index in [-0.39, 0.29) is 11.8 Å². The molecule has 0 bridgehead atoms. The van der Waals surface area contributed by atoms with E-state index < -0.39 is 5.79 Å². The summed E-state index contributed by atoms with van der Waals surface area (Å²) in [5.41, 5.74) is 3.54. The van der Waals surface area contributed by atoms with E-state index in [1.807, 2.05) is 6.07 Å². The molecule has 0 unspecified atom stereocenters. The second kappa shape index (κ2) is 6.37. The van der Waals surface area contributed by atoms with Gasteiger partial charge in [0.2, 0.25) is 5.91 Å². The third-order valence-electron chi connectivity index (χ3n) is 5.63. The van der Waals surface area contributed by atoms with Gasteiger partial charge in [0, 0.05) is 43.7 Å². The minimum Gasteiger partial charge on any atom is -0.374 e. The smallest absolute Gasteiger partial charge is 0.227 e. The average molecular weight is 330 g/mol. The van der Waals surface area contributed by atoms with Gasteiger partial charge in [-0.25, -0.2) is 0 Å². The van der Waals surface area contributed by atoms with Crippen LogP contribution in [0.1, 0.15) is 37.7 Å². The third kappa shape index (κ3) is 3.03. The molecule has 5 nitrogen and oxygen atoms in total. The Morgan fingerprint density at radius 2 is 2.00 bits per heavy atom. The topological polar surface area (TPSA) is 50.8 Å². The SMILES string of the molecule is CN1CCCc2cc(NC(=O)C3CCC4(CC3)OCCO4)ccc21. The maximum atomic E-state index is 12.6. The normalized spacial score (nSPS) is 23.3. The lowest BCUT2D eigenvalue weighted by Gasteiger charge is -2.34. The van der Waals surface area contributed by atoms with Gasteiger partial charge in [0.15, 0.2) is 5.79 Å². The van der Waals surface area contributed by atoms with Crippen LogP contribution < -0.4 is 10.2 Å². The van der Waals surface area contributed by atoms with Gasteiger partial charge in [-0.2, -0.15) is 0 Å². The van der Waals surface area contributed by atoms with E-state index in [0.29, 0.717) is 13.2 Å². The molecule has 24 heavy (non-hydrogen) atoms. The molecule has 0 atom stereocenters. The van der Waals surface area contributed by atoms with Gasteiger partial charge in [0.25, 0.3) is 0 Å². The fourth-order valence-electron chi connectivity index (χ4n) is 4.21. The molecule has 1 saturated carbocycles. The summed E-state index contributed by atoms with van der Waals surface area (Å²) in [4.78, 5) is 14.9. The van der Waals surface area contributed by atoms with E-state index in [1.54, 1.807) is 0 Å². The summed E-state index contributed by atoms with van der Waals surface area (Å²) in [6.07, 6.45) is 5.56. The van der Waals surface area contributed by atoms with Gasteiger partial charge >= 0.3 is 0 Å². The number of benzene rings is 1. The van der Waals surface area contributed by atoms with Crippen molar-refractivity contribution in [2.45, 2.75) is 44.3 Å². The van der Waals surface area contributed by atoms with Crippen LogP contribution in [0.2, 0.25) is 0 Å². The average Bonchev–Trinajstić information content (AvgIpc) is 3.04. The van der Waals surface area contributed by atoms with Crippen LogP contribution >= 0.6 is 0 Å². The van der Waals surface area contributed by atoms with Crippen LogP contribution in [0.4, 0.5) is 11.4 Å². The predicted molar refractivity (Wildman–Crippen MR) is 93.3 cm³/mol. The molecule has 1 aromatic rings. The van der Waals surface area contributed by atoms with Crippen molar-refractivity contribution in [2.24, 2.45) is 5.92 Å². The Bertz CT molecular complexity index is 615. The summed E-state index contributed by atoms with van der Waals surface area (Å²) >= 11 is 0. The molecule has 1 spiro atoms. The zero-order valence-electron chi connectivity index (χ0n) is 14.3. The number of aryl methyl sites for hydroxylation is 1. The van der Waals surface area contributed by atoms with Gasteiger partial charge in [-0.05, 0) is 49.4 Å². The first-order chi connectivity index (χ1) is 11.7. The van der Waals surface area contributed by atoms with E-state index in [1.165, 1.54) is 17.7 Å². The number of fused-ring (bicyclic) bond motifs is 1. The molecule has 2 fully saturated rings. The van der Waals surface area contributed by atoms with Crippen LogP contribution in [-0.4, -0.2) is 38.5 Å². The highest BCUT2D eigenvalue weighted by Crippen LogP contribution is 2.38. The molecule has 1 aromatic carbocycles. The molecule has 0 aromatic heterocycles. The maximum Gasteiger partial charge on any atom is 0.227 e. The number of ether oxygens (including phenoxy) is 2. The van der Waals surface area contributed by atoms with Crippen LogP contribution in [0.5, 0.6) is 0 Å². The number of amides is 1. The van der Waals surface area contributed by atoms with Crippen LogP contribution in [0.15, 0.2) is 18.2 Å². The van der Waals surface area contributed by atoms with Crippen molar-refractivity contribution in [3.05, 3.63) is 23.8 Å². The van der Waals surface area contributed by atoms with Crippen molar-refractivity contribution < 1.29 is 14.3 Å². The fourth-order valence-corrected chi connectivity index (χ4v) is 4.21. The highest BCUT2D eigenvalue weighted by atomic mass is 16.7. The van der Waals surface area contributed by atoms with Gasteiger partial charge in [-0.15, -0.1) is 0 Å². The molecule has 0 radical (unpaired) electrons. The van der Waals surface area contributed by atoms with Crippen LogP contribution in [0.3, 0.4) is 0 Å². The van der Waals surface area contributed by atoms with Crippen molar-refractivity contribution in [2.75, 3.05) is 37.0 Å². The number of nitrogens with one attached hydrogen (secondary N) is 1. The Morgan fingerprint density at radius 3 is 2.75 bits per heavy atom. The largest absolute Gasteiger partial charge is 0.374 e. The van der Waals surface area contributed by atoms with E-state index in [4.69, 9.17) is 9.47 Å². The summed E-state index contributed by atoms with van der Waals surface area (Å²) in [5.74, 6) is -0.207. The number of rotatable bonds is 2. The lowest BCUT2D eigenvalue weighted by Crippen LogP contribution is -2.38. The Balaban J connectivity index is 1.38. The predicted octanol–water partition coefficient (Wildman–Crippen LogP) is 2.94. The summed E-state index contributed by atoms with van der Waals surface area (Å²) in [6, 6.07) is 6.28. The summed E-state index contributed by atoms with van der Waals surface area (Å²) in [5, 5.41) is 3.12. The standard InChI is InChI=1S/C19H26N2O3/c1-21-10-2-3-15-13-16(4-5-17(15)21)20-18(22)14-6-8-19(9-7-14)23-11-12-24-19/h4-5,13-14H,2-3,6-12H2,1H3,(H,20,22). The molecule has 2 aliphatic heterocycles.